The second-order valence-electron chi connectivity index (χ2n) is 6.79. The number of hydrogen-bond acceptors (Lipinski definition) is 3. The largest absolute Gasteiger partial charge is 0.379 e. The average Bonchev–Trinajstić information content (AvgIpc) is 2.82. The summed E-state index contributed by atoms with van der Waals surface area (Å²) in [4.78, 5) is 33.3. The standard InChI is InChI=1S/C18H21F2N5O2/c1-25-14-8-12(18(14,19)20)7-13(17(25)27)24-16(26)15(21)23-10-22-9-11-5-3-2-4-6-11/h2-6,10,12-14H,7-9H2,1H3,(H,24,26)(H2,21,22,23)/t12-,13-,14+/m0/s1. The summed E-state index contributed by atoms with van der Waals surface area (Å²) in [6.45, 7) is 0.378. The lowest BCUT2D eigenvalue weighted by molar-refractivity contribution is -0.187. The second kappa shape index (κ2) is 7.42. The molecule has 0 spiro atoms. The fraction of sp³-hybridized carbons (Fsp3) is 0.444. The molecule has 0 unspecified atom stereocenters. The van der Waals surface area contributed by atoms with Gasteiger partial charge in [-0.05, 0) is 18.4 Å². The van der Waals surface area contributed by atoms with Crippen LogP contribution in [-0.4, -0.2) is 53.9 Å². The van der Waals surface area contributed by atoms with E-state index in [0.717, 1.165) is 16.8 Å². The van der Waals surface area contributed by atoms with E-state index in [1.807, 2.05) is 30.3 Å². The molecule has 2 bridgehead atoms. The summed E-state index contributed by atoms with van der Waals surface area (Å²) in [5, 5.41) is 2.41. The number of carbonyl (C=O) groups excluding carboxylic acids is 2. The molecule has 2 heterocycles. The number of fused-ring (bicyclic) bond motifs is 3. The van der Waals surface area contributed by atoms with E-state index in [-0.39, 0.29) is 18.7 Å². The zero-order chi connectivity index (χ0) is 19.6. The number of nitrogens with zero attached hydrogens (tertiary/aromatic N) is 3. The van der Waals surface area contributed by atoms with Crippen LogP contribution < -0.4 is 11.1 Å². The molecule has 1 aromatic rings. The molecule has 3 atom stereocenters. The smallest absolute Gasteiger partial charge is 0.287 e. The number of amidine groups is 1. The van der Waals surface area contributed by atoms with Gasteiger partial charge >= 0.3 is 0 Å². The monoisotopic (exact) mass is 377 g/mol. The fourth-order valence-electron chi connectivity index (χ4n) is 3.39. The normalized spacial score (nSPS) is 27.2. The zero-order valence-corrected chi connectivity index (χ0v) is 14.8. The number of hydrogen-bond donors (Lipinski definition) is 2. The molecule has 3 N–H and O–H groups in total. The minimum absolute atomic E-state index is 0.117. The van der Waals surface area contributed by atoms with E-state index in [1.54, 1.807) is 0 Å². The van der Waals surface area contributed by atoms with Crippen LogP contribution in [0.1, 0.15) is 18.4 Å². The molecule has 1 aromatic carbocycles. The molecular weight excluding hydrogens is 356 g/mol. The van der Waals surface area contributed by atoms with Crippen LogP contribution in [0.5, 0.6) is 0 Å². The van der Waals surface area contributed by atoms with Gasteiger partial charge in [0.15, 0.2) is 5.84 Å². The van der Waals surface area contributed by atoms with Gasteiger partial charge in [0.2, 0.25) is 5.91 Å². The maximum atomic E-state index is 14.0. The maximum Gasteiger partial charge on any atom is 0.287 e. The third-order valence-electron chi connectivity index (χ3n) is 5.06. The third kappa shape index (κ3) is 3.81. The topological polar surface area (TPSA) is 100 Å². The van der Waals surface area contributed by atoms with Crippen LogP contribution in [0.2, 0.25) is 0 Å². The Morgan fingerprint density at radius 3 is 2.74 bits per heavy atom. The Hall–Kier alpha value is -2.84. The minimum atomic E-state index is -2.92. The Morgan fingerprint density at radius 1 is 1.37 bits per heavy atom. The van der Waals surface area contributed by atoms with Gasteiger partial charge in [-0.15, -0.1) is 0 Å². The molecular formula is C18H21F2N5O2. The Morgan fingerprint density at radius 2 is 2.07 bits per heavy atom. The SMILES string of the molecule is CN1C(=O)[C@@H](NC(=O)C(N)=NC=NCc2ccccc2)C[C@H]2C[C@@H]1C2(F)F. The minimum Gasteiger partial charge on any atom is -0.379 e. The second-order valence-corrected chi connectivity index (χ2v) is 6.79. The van der Waals surface area contributed by atoms with Crippen molar-refractivity contribution in [1.82, 2.24) is 10.2 Å². The lowest BCUT2D eigenvalue weighted by atomic mass is 9.74. The van der Waals surface area contributed by atoms with Gasteiger partial charge in [-0.25, -0.2) is 13.8 Å². The summed E-state index contributed by atoms with van der Waals surface area (Å²) in [5.74, 6) is -5.56. The molecule has 7 nitrogen and oxygen atoms in total. The van der Waals surface area contributed by atoms with Gasteiger partial charge in [0, 0.05) is 13.0 Å². The number of halogens is 2. The van der Waals surface area contributed by atoms with E-state index in [4.69, 9.17) is 5.73 Å². The molecule has 3 fully saturated rings. The highest BCUT2D eigenvalue weighted by atomic mass is 19.3. The van der Waals surface area contributed by atoms with Crippen molar-refractivity contribution in [3.05, 3.63) is 35.9 Å². The highest BCUT2D eigenvalue weighted by molar-refractivity contribution is 6.38. The van der Waals surface area contributed by atoms with Gasteiger partial charge in [-0.1, -0.05) is 30.3 Å². The van der Waals surface area contributed by atoms with E-state index in [1.165, 1.54) is 7.05 Å². The first-order valence-electron chi connectivity index (χ1n) is 8.61. The van der Waals surface area contributed by atoms with Crippen molar-refractivity contribution in [2.75, 3.05) is 7.05 Å². The van der Waals surface area contributed by atoms with Gasteiger partial charge in [-0.2, -0.15) is 0 Å². The molecule has 1 saturated carbocycles. The Labute approximate surface area is 155 Å². The van der Waals surface area contributed by atoms with Crippen LogP contribution in [-0.2, 0) is 16.1 Å². The van der Waals surface area contributed by atoms with Crippen LogP contribution in [0.25, 0.3) is 0 Å². The lowest BCUT2D eigenvalue weighted by Gasteiger charge is -2.45. The van der Waals surface area contributed by atoms with Crippen molar-refractivity contribution < 1.29 is 18.4 Å². The molecule has 0 radical (unpaired) electrons. The van der Waals surface area contributed by atoms with Gasteiger partial charge in [-0.3, -0.25) is 14.6 Å². The van der Waals surface area contributed by atoms with Crippen molar-refractivity contribution in [3.63, 3.8) is 0 Å². The molecule has 3 aliphatic rings. The highest BCUT2D eigenvalue weighted by Gasteiger charge is 2.63. The van der Waals surface area contributed by atoms with Crippen molar-refractivity contribution in [1.29, 1.82) is 0 Å². The van der Waals surface area contributed by atoms with Crippen molar-refractivity contribution in [2.24, 2.45) is 21.6 Å². The molecule has 2 saturated heterocycles. The van der Waals surface area contributed by atoms with E-state index in [2.05, 4.69) is 15.3 Å². The van der Waals surface area contributed by atoms with Crippen LogP contribution in [0, 0.1) is 5.92 Å². The number of carbonyl (C=O) groups is 2. The van der Waals surface area contributed by atoms with Crippen molar-refractivity contribution in [2.45, 2.75) is 37.4 Å². The number of nitrogens with one attached hydrogen (secondary N) is 1. The average molecular weight is 377 g/mol. The molecule has 1 aliphatic carbocycles. The van der Waals surface area contributed by atoms with Crippen LogP contribution in [0.15, 0.2) is 40.3 Å². The Balaban J connectivity index is 1.58. The molecule has 144 valence electrons. The zero-order valence-electron chi connectivity index (χ0n) is 14.8. The number of likely N-dealkylation sites (N-methyl/N-ethyl adjacent to an activating group) is 1. The first-order chi connectivity index (χ1) is 12.8. The third-order valence-corrected chi connectivity index (χ3v) is 5.06. The van der Waals surface area contributed by atoms with Gasteiger partial charge in [0.05, 0.1) is 12.6 Å². The number of benzene rings is 1. The van der Waals surface area contributed by atoms with Crippen LogP contribution >= 0.6 is 0 Å². The van der Waals surface area contributed by atoms with E-state index in [0.29, 0.717) is 6.54 Å². The Bertz CT molecular complexity index is 781. The summed E-state index contributed by atoms with van der Waals surface area (Å²) in [5.41, 5.74) is 6.58. The summed E-state index contributed by atoms with van der Waals surface area (Å²) in [6, 6.07) is 7.29. The fourth-order valence-corrected chi connectivity index (χ4v) is 3.39. The Kier molecular flexibility index (Phi) is 5.20. The number of alkyl halides is 2. The predicted octanol–water partition coefficient (Wildman–Crippen LogP) is 0.943. The summed E-state index contributed by atoms with van der Waals surface area (Å²) in [7, 11) is 1.33. The quantitative estimate of drug-likeness (QED) is 0.603. The van der Waals surface area contributed by atoms with Crippen molar-refractivity contribution >= 4 is 24.0 Å². The van der Waals surface area contributed by atoms with E-state index >= 15 is 0 Å². The summed E-state index contributed by atoms with van der Waals surface area (Å²) < 4.78 is 27.9. The number of rotatable bonds is 4. The number of amides is 2. The summed E-state index contributed by atoms with van der Waals surface area (Å²) >= 11 is 0. The van der Waals surface area contributed by atoms with Crippen LogP contribution in [0.4, 0.5) is 8.78 Å². The number of nitrogens with two attached hydrogens (primary N) is 1. The van der Waals surface area contributed by atoms with E-state index in [9.17, 15) is 18.4 Å². The van der Waals surface area contributed by atoms with Gasteiger partial charge in [0.1, 0.15) is 12.4 Å². The predicted molar refractivity (Wildman–Crippen MR) is 96.4 cm³/mol. The van der Waals surface area contributed by atoms with Crippen LogP contribution in [0.3, 0.4) is 0 Å². The van der Waals surface area contributed by atoms with Crippen molar-refractivity contribution in [3.8, 4) is 0 Å². The first-order valence-corrected chi connectivity index (χ1v) is 8.61. The van der Waals surface area contributed by atoms with Gasteiger partial charge in [0.25, 0.3) is 11.8 Å². The van der Waals surface area contributed by atoms with E-state index < -0.39 is 35.7 Å². The summed E-state index contributed by atoms with van der Waals surface area (Å²) in [6.07, 6.45) is 1.28. The first kappa shape index (κ1) is 18.9. The van der Waals surface area contributed by atoms with Gasteiger partial charge < -0.3 is 16.0 Å². The highest BCUT2D eigenvalue weighted by Crippen LogP contribution is 2.50. The molecule has 4 rings (SSSR count). The molecule has 2 aliphatic heterocycles. The molecule has 9 heteroatoms. The lowest BCUT2D eigenvalue weighted by Crippen LogP contribution is -2.59. The maximum absolute atomic E-state index is 14.0. The molecule has 2 amide bonds. The number of aliphatic imine (C=N–C) groups is 2. The molecule has 0 aromatic heterocycles. The molecule has 27 heavy (non-hydrogen) atoms.